The molecule has 0 saturated carbocycles. The molecule has 0 bridgehead atoms. The van der Waals surface area contributed by atoms with Crippen LogP contribution < -0.4 is 5.73 Å². The number of anilines is 1. The normalized spacial score (nSPS) is 10.7. The quantitative estimate of drug-likeness (QED) is 0.730. The highest BCUT2D eigenvalue weighted by atomic mass is 32.1. The highest BCUT2D eigenvalue weighted by Gasteiger charge is 2.07. The molecule has 0 amide bonds. The average molecular weight is 255 g/mol. The molecule has 90 valence electrons. The van der Waals surface area contributed by atoms with Gasteiger partial charge in [0.25, 0.3) is 0 Å². The van der Waals surface area contributed by atoms with Gasteiger partial charge in [0.15, 0.2) is 0 Å². The molecule has 0 radical (unpaired) electrons. The fourth-order valence-electron chi connectivity index (χ4n) is 1.96. The van der Waals surface area contributed by atoms with Gasteiger partial charge in [-0.25, -0.2) is 4.98 Å². The molecule has 0 unspecified atom stereocenters. The molecule has 3 aromatic rings. The van der Waals surface area contributed by atoms with E-state index in [1.165, 1.54) is 10.4 Å². The molecule has 0 saturated heterocycles. The summed E-state index contributed by atoms with van der Waals surface area (Å²) in [5.74, 6) is 1.01. The number of nitrogens with zero attached hydrogens (tertiary/aromatic N) is 2. The van der Waals surface area contributed by atoms with Crippen molar-refractivity contribution in [3.05, 3.63) is 59.7 Å². The van der Waals surface area contributed by atoms with Crippen molar-refractivity contribution in [3.8, 4) is 10.7 Å². The average Bonchev–Trinajstić information content (AvgIpc) is 2.98. The molecule has 0 atom stereocenters. The number of nitrogen functional groups attached to an aromatic ring is 1. The van der Waals surface area contributed by atoms with E-state index in [-0.39, 0.29) is 0 Å². The van der Waals surface area contributed by atoms with Crippen LogP contribution in [0.15, 0.2) is 54.2 Å². The highest BCUT2D eigenvalue weighted by molar-refractivity contribution is 7.13. The Labute approximate surface area is 110 Å². The van der Waals surface area contributed by atoms with Crippen LogP contribution >= 0.6 is 11.3 Å². The molecule has 0 aliphatic carbocycles. The molecule has 3 nitrogen and oxygen atoms in total. The number of nitrogens with two attached hydrogens (primary N) is 1. The fraction of sp³-hybridized carbons (Fsp3) is 0.0714. The summed E-state index contributed by atoms with van der Waals surface area (Å²) >= 11 is 1.70. The first kappa shape index (κ1) is 11.0. The van der Waals surface area contributed by atoms with Crippen LogP contribution in [0, 0.1) is 0 Å². The van der Waals surface area contributed by atoms with E-state index in [4.69, 9.17) is 5.73 Å². The first-order chi connectivity index (χ1) is 8.83. The Bertz CT molecular complexity index is 641. The van der Waals surface area contributed by atoms with E-state index < -0.39 is 0 Å². The van der Waals surface area contributed by atoms with Gasteiger partial charge in [0.05, 0.1) is 4.88 Å². The van der Waals surface area contributed by atoms with Crippen molar-refractivity contribution >= 4 is 17.0 Å². The summed E-state index contributed by atoms with van der Waals surface area (Å²) in [6.07, 6.45) is 3.83. The van der Waals surface area contributed by atoms with Gasteiger partial charge in [-0.05, 0) is 29.1 Å². The minimum absolute atomic E-state index is 0.790. The largest absolute Gasteiger partial charge is 0.399 e. The van der Waals surface area contributed by atoms with Crippen LogP contribution in [0.4, 0.5) is 5.69 Å². The van der Waals surface area contributed by atoms with Crippen LogP contribution in [0.1, 0.15) is 5.56 Å². The molecule has 0 fully saturated rings. The maximum atomic E-state index is 5.80. The molecule has 3 rings (SSSR count). The van der Waals surface area contributed by atoms with Gasteiger partial charge in [0.1, 0.15) is 5.82 Å². The van der Waals surface area contributed by atoms with Gasteiger partial charge < -0.3 is 10.3 Å². The minimum Gasteiger partial charge on any atom is -0.399 e. The predicted molar refractivity (Wildman–Crippen MR) is 75.5 cm³/mol. The Morgan fingerprint density at radius 3 is 2.94 bits per heavy atom. The predicted octanol–water partition coefficient (Wildman–Crippen LogP) is 3.24. The number of hydrogen-bond donors (Lipinski definition) is 1. The second-order valence-corrected chi connectivity index (χ2v) is 5.05. The van der Waals surface area contributed by atoms with Crippen molar-refractivity contribution in [3.63, 3.8) is 0 Å². The zero-order valence-electron chi connectivity index (χ0n) is 9.78. The third-order valence-electron chi connectivity index (χ3n) is 2.76. The standard InChI is InChI=1S/C14H13N3S/c15-12-4-1-3-11(9-12)10-17-7-6-16-14(17)13-5-2-8-18-13/h1-9H,10,15H2. The van der Waals surface area contributed by atoms with E-state index >= 15 is 0 Å². The number of imidazole rings is 1. The van der Waals surface area contributed by atoms with E-state index in [1.807, 2.05) is 36.7 Å². The second-order valence-electron chi connectivity index (χ2n) is 4.10. The summed E-state index contributed by atoms with van der Waals surface area (Å²) in [7, 11) is 0. The number of rotatable bonds is 3. The molecule has 0 aliphatic heterocycles. The van der Waals surface area contributed by atoms with Crippen molar-refractivity contribution in [1.29, 1.82) is 0 Å². The number of benzene rings is 1. The summed E-state index contributed by atoms with van der Waals surface area (Å²) in [4.78, 5) is 5.60. The second kappa shape index (κ2) is 4.66. The van der Waals surface area contributed by atoms with Gasteiger partial charge in [0, 0.05) is 24.6 Å². The first-order valence-electron chi connectivity index (χ1n) is 5.72. The van der Waals surface area contributed by atoms with E-state index in [1.54, 1.807) is 11.3 Å². The lowest BCUT2D eigenvalue weighted by Gasteiger charge is -2.07. The molecule has 2 heterocycles. The van der Waals surface area contributed by atoms with Gasteiger partial charge in [-0.3, -0.25) is 0 Å². The third-order valence-corrected chi connectivity index (χ3v) is 3.63. The lowest BCUT2D eigenvalue weighted by atomic mass is 10.2. The van der Waals surface area contributed by atoms with E-state index in [9.17, 15) is 0 Å². The summed E-state index contributed by atoms with van der Waals surface area (Å²) in [5, 5.41) is 2.06. The number of hydrogen-bond acceptors (Lipinski definition) is 3. The zero-order valence-corrected chi connectivity index (χ0v) is 10.6. The molecule has 0 aliphatic rings. The maximum absolute atomic E-state index is 5.80. The minimum atomic E-state index is 0.790. The molecule has 0 spiro atoms. The van der Waals surface area contributed by atoms with Crippen LogP contribution in [0.5, 0.6) is 0 Å². The summed E-state index contributed by atoms with van der Waals surface area (Å²) < 4.78 is 2.14. The molecule has 2 aromatic heterocycles. The van der Waals surface area contributed by atoms with Crippen molar-refractivity contribution in [2.24, 2.45) is 0 Å². The Morgan fingerprint density at radius 2 is 2.17 bits per heavy atom. The zero-order chi connectivity index (χ0) is 12.4. The summed E-state index contributed by atoms with van der Waals surface area (Å²) in [5.41, 5.74) is 7.78. The fourth-order valence-corrected chi connectivity index (χ4v) is 2.69. The van der Waals surface area contributed by atoms with Gasteiger partial charge >= 0.3 is 0 Å². The van der Waals surface area contributed by atoms with E-state index in [0.29, 0.717) is 0 Å². The SMILES string of the molecule is Nc1cccc(Cn2ccnc2-c2cccs2)c1. The molecule has 1 aromatic carbocycles. The Hall–Kier alpha value is -2.07. The molecule has 18 heavy (non-hydrogen) atoms. The summed E-state index contributed by atoms with van der Waals surface area (Å²) in [6.45, 7) is 0.790. The highest BCUT2D eigenvalue weighted by Crippen LogP contribution is 2.23. The van der Waals surface area contributed by atoms with Crippen molar-refractivity contribution in [1.82, 2.24) is 9.55 Å². The molecule has 2 N–H and O–H groups in total. The smallest absolute Gasteiger partial charge is 0.150 e. The van der Waals surface area contributed by atoms with E-state index in [0.717, 1.165) is 18.1 Å². The van der Waals surface area contributed by atoms with Gasteiger partial charge in [-0.15, -0.1) is 11.3 Å². The number of thiophene rings is 1. The van der Waals surface area contributed by atoms with Gasteiger partial charge in [0.2, 0.25) is 0 Å². The lowest BCUT2D eigenvalue weighted by molar-refractivity contribution is 0.809. The Morgan fingerprint density at radius 1 is 1.22 bits per heavy atom. The van der Waals surface area contributed by atoms with Crippen molar-refractivity contribution < 1.29 is 0 Å². The first-order valence-corrected chi connectivity index (χ1v) is 6.60. The summed E-state index contributed by atoms with van der Waals surface area (Å²) in [6, 6.07) is 12.1. The third kappa shape index (κ3) is 2.15. The molecule has 4 heteroatoms. The van der Waals surface area contributed by atoms with Crippen LogP contribution in [-0.2, 0) is 6.54 Å². The topological polar surface area (TPSA) is 43.8 Å². The van der Waals surface area contributed by atoms with Crippen molar-refractivity contribution in [2.45, 2.75) is 6.54 Å². The Balaban J connectivity index is 1.92. The monoisotopic (exact) mass is 255 g/mol. The van der Waals surface area contributed by atoms with Crippen molar-refractivity contribution in [2.75, 3.05) is 5.73 Å². The van der Waals surface area contributed by atoms with Crippen LogP contribution in [0.25, 0.3) is 10.7 Å². The number of aromatic nitrogens is 2. The maximum Gasteiger partial charge on any atom is 0.150 e. The van der Waals surface area contributed by atoms with Gasteiger partial charge in [-0.1, -0.05) is 18.2 Å². The van der Waals surface area contributed by atoms with Crippen LogP contribution in [-0.4, -0.2) is 9.55 Å². The Kier molecular flexibility index (Phi) is 2.86. The molecular weight excluding hydrogens is 242 g/mol. The van der Waals surface area contributed by atoms with Crippen LogP contribution in [0.3, 0.4) is 0 Å². The van der Waals surface area contributed by atoms with Gasteiger partial charge in [-0.2, -0.15) is 0 Å². The lowest BCUT2D eigenvalue weighted by Crippen LogP contribution is -2.00. The van der Waals surface area contributed by atoms with E-state index in [2.05, 4.69) is 27.1 Å². The van der Waals surface area contributed by atoms with Crippen LogP contribution in [0.2, 0.25) is 0 Å². The molecular formula is C14H13N3S.